The van der Waals surface area contributed by atoms with Crippen LogP contribution >= 0.6 is 11.3 Å². The quantitative estimate of drug-likeness (QED) is 0.0253. The predicted octanol–water partition coefficient (Wildman–Crippen LogP) is -1.85. The van der Waals surface area contributed by atoms with Crippen molar-refractivity contribution in [1.29, 1.82) is 0 Å². The minimum atomic E-state index is -5.29. The Balaban J connectivity index is 1.26. The number of thiazole rings is 1. The maximum atomic E-state index is 14.9. The van der Waals surface area contributed by atoms with Crippen LogP contribution in [0.1, 0.15) is 31.7 Å². The number of carbonyl (C=O) groups excluding carboxylic acids is 2. The van der Waals surface area contributed by atoms with E-state index in [-0.39, 0.29) is 36.2 Å². The maximum absolute atomic E-state index is 14.9. The Morgan fingerprint density at radius 3 is 2.65 bits per heavy atom. The molecule has 0 spiro atoms. The van der Waals surface area contributed by atoms with Gasteiger partial charge < -0.3 is 41.3 Å². The number of β-lactam (4-membered cyclic amide) rings is 1. The van der Waals surface area contributed by atoms with Gasteiger partial charge in [0.05, 0.1) is 11.7 Å². The first-order valence-electron chi connectivity index (χ1n) is 15.3. The zero-order valence-corrected chi connectivity index (χ0v) is 28.9. The number of nitrogens with zero attached hydrogens (tertiary/aromatic N) is 6. The molecule has 2 atom stereocenters. The van der Waals surface area contributed by atoms with E-state index in [2.05, 4.69) is 30.0 Å². The number of alkyl halides is 1. The van der Waals surface area contributed by atoms with Crippen molar-refractivity contribution in [3.8, 4) is 11.6 Å². The van der Waals surface area contributed by atoms with E-state index in [0.717, 1.165) is 17.0 Å². The summed E-state index contributed by atoms with van der Waals surface area (Å²) >= 11 is 0.933. The Morgan fingerprint density at radius 2 is 2.10 bits per heavy atom. The molecule has 276 valence electrons. The van der Waals surface area contributed by atoms with Crippen molar-refractivity contribution in [2.45, 2.75) is 56.6 Å². The molecule has 2 amide bonds. The first-order valence-corrected chi connectivity index (χ1v) is 17.5. The second-order valence-corrected chi connectivity index (χ2v) is 14.1. The number of rotatable bonds is 17. The molecule has 0 aliphatic carbocycles. The number of amides is 2. The Labute approximate surface area is 294 Å². The number of carboxylic acids is 1. The molecule has 2 fully saturated rings. The van der Waals surface area contributed by atoms with Gasteiger partial charge in [-0.1, -0.05) is 5.16 Å². The first kappa shape index (κ1) is 37.4. The lowest BCUT2D eigenvalue weighted by Crippen LogP contribution is -2.76. The number of aromatic nitrogens is 4. The van der Waals surface area contributed by atoms with E-state index in [1.54, 1.807) is 23.0 Å². The van der Waals surface area contributed by atoms with Gasteiger partial charge in [0.15, 0.2) is 16.5 Å². The van der Waals surface area contributed by atoms with Gasteiger partial charge in [-0.3, -0.25) is 9.59 Å². The van der Waals surface area contributed by atoms with Gasteiger partial charge in [-0.15, -0.1) is 11.3 Å². The number of hydroxylamine groups is 2. The number of carbonyl (C=O) groups is 3. The lowest BCUT2D eigenvalue weighted by Gasteiger charge is -2.51. The molecular weight excluding hydrogens is 720 g/mol. The number of carboxylic acid groups (broad SMARTS) is 1. The van der Waals surface area contributed by atoms with Crippen molar-refractivity contribution in [3.05, 3.63) is 47.6 Å². The number of hydrogen-bond acceptors (Lipinski definition) is 16. The molecule has 2 saturated heterocycles. The van der Waals surface area contributed by atoms with Crippen LogP contribution in [-0.2, 0) is 46.9 Å². The van der Waals surface area contributed by atoms with Gasteiger partial charge in [0.1, 0.15) is 42.5 Å². The third-order valence-corrected chi connectivity index (χ3v) is 8.93. The van der Waals surface area contributed by atoms with Crippen LogP contribution in [0.15, 0.2) is 41.4 Å². The number of anilines is 1. The molecule has 1 unspecified atom stereocenters. The van der Waals surface area contributed by atoms with Crippen molar-refractivity contribution < 1.29 is 55.3 Å². The predicted molar refractivity (Wildman–Crippen MR) is 173 cm³/mol. The number of pyridine rings is 1. The summed E-state index contributed by atoms with van der Waals surface area (Å²) in [6, 6.07) is 1.78. The van der Waals surface area contributed by atoms with Gasteiger partial charge in [-0.05, 0) is 32.9 Å². The molecule has 3 aromatic heterocycles. The summed E-state index contributed by atoms with van der Waals surface area (Å²) in [6.07, 6.45) is 4.55. The van der Waals surface area contributed by atoms with Crippen LogP contribution in [-0.4, -0.2) is 111 Å². The van der Waals surface area contributed by atoms with Crippen LogP contribution in [0, 0.1) is 0 Å². The fourth-order valence-corrected chi connectivity index (χ4v) is 6.12. The molecule has 51 heavy (non-hydrogen) atoms. The Kier molecular flexibility index (Phi) is 10.9. The Bertz CT molecular complexity index is 1910. The summed E-state index contributed by atoms with van der Waals surface area (Å²) in [6.45, 7) is 3.24. The third-order valence-electron chi connectivity index (χ3n) is 7.93. The van der Waals surface area contributed by atoms with Gasteiger partial charge in [0.25, 0.3) is 24.2 Å². The summed E-state index contributed by atoms with van der Waals surface area (Å²) in [5.41, 5.74) is 8.74. The lowest BCUT2D eigenvalue weighted by molar-refractivity contribution is -0.715. The summed E-state index contributed by atoms with van der Waals surface area (Å²) in [4.78, 5) is 51.3. The average Bonchev–Trinajstić information content (AvgIpc) is 3.67. The second kappa shape index (κ2) is 14.8. The minimum absolute atomic E-state index is 0.0309. The van der Waals surface area contributed by atoms with Crippen molar-refractivity contribution in [3.63, 3.8) is 0 Å². The molecule has 23 heteroatoms. The molecule has 5 heterocycles. The van der Waals surface area contributed by atoms with Gasteiger partial charge in [0, 0.05) is 31.0 Å². The average molecular weight is 755 g/mol. The Hall–Kier alpha value is -4.81. The van der Waals surface area contributed by atoms with Gasteiger partial charge in [0.2, 0.25) is 16.2 Å². The van der Waals surface area contributed by atoms with E-state index >= 15 is 0 Å². The van der Waals surface area contributed by atoms with E-state index in [0.29, 0.717) is 30.3 Å². The molecule has 20 nitrogen and oxygen atoms in total. The number of nitrogens with one attached hydrogen (secondary N) is 2. The summed E-state index contributed by atoms with van der Waals surface area (Å²) in [5.74, 6) is -2.96. The number of hydrogen-bond donors (Lipinski definition) is 5. The summed E-state index contributed by atoms with van der Waals surface area (Å²) < 4.78 is 61.2. The van der Waals surface area contributed by atoms with Gasteiger partial charge in [-0.25, -0.2) is 32.1 Å². The zero-order chi connectivity index (χ0) is 37.1. The largest absolute Gasteiger partial charge is 0.724 e. The monoisotopic (exact) mass is 754 g/mol. The van der Waals surface area contributed by atoms with Crippen LogP contribution in [0.2, 0.25) is 0 Å². The Morgan fingerprint density at radius 1 is 1.35 bits per heavy atom. The fourth-order valence-electron chi connectivity index (χ4n) is 5.13. The van der Waals surface area contributed by atoms with Gasteiger partial charge >= 0.3 is 5.97 Å². The number of imidazole rings is 1. The number of nitrogen functional groups attached to an aromatic ring is 1. The number of aryl methyl sites for hydroxylation is 1. The molecule has 0 bridgehead atoms. The highest BCUT2D eigenvalue weighted by Gasteiger charge is 2.57. The van der Waals surface area contributed by atoms with Crippen LogP contribution in [0.4, 0.5) is 9.52 Å². The first-order chi connectivity index (χ1) is 24.0. The molecule has 7 N–H and O–H groups in total. The minimum Gasteiger partial charge on any atom is -0.724 e. The molecule has 2 aliphatic heterocycles. The molecule has 2 aliphatic rings. The van der Waals surface area contributed by atoms with Crippen LogP contribution < -0.4 is 31.4 Å². The van der Waals surface area contributed by atoms with Crippen LogP contribution in [0.5, 0.6) is 5.75 Å². The zero-order valence-electron chi connectivity index (χ0n) is 27.2. The standard InChI is InChI=1S/C28H35FN10O10S2/c1-27(2)22(24(41)39(27)49-51(44,45)46)35-23(40)21(18-11-50-26(31)34-18)36-48-19(25(42)43)10-47-17-5-6-20(33-8-17)37-9-16(4-3-7-30)38(15-37)14-28(29)12-32-13-28/h5-6,8-9,11,15,19,22,32H,3-4,7,10,12-14,30H2,1-2H3,(H4-,31,34,35,40,42,43,44,45,46)/b36-21-/t19-,22?/m0/s1. The van der Waals surface area contributed by atoms with Crippen molar-refractivity contribution in [2.24, 2.45) is 10.9 Å². The molecule has 3 aromatic rings. The lowest BCUT2D eigenvalue weighted by atomic mass is 9.84. The van der Waals surface area contributed by atoms with Crippen LogP contribution in [0.25, 0.3) is 5.82 Å². The highest BCUT2D eigenvalue weighted by molar-refractivity contribution is 7.80. The molecule has 0 saturated carbocycles. The second-order valence-electron chi connectivity index (χ2n) is 12.2. The highest BCUT2D eigenvalue weighted by Crippen LogP contribution is 2.33. The number of aliphatic carboxylic acids is 1. The molecule has 0 radical (unpaired) electrons. The fraction of sp³-hybridized carbons (Fsp3) is 0.464. The number of halogens is 1. The smallest absolute Gasteiger partial charge is 0.351 e. The number of oxime groups is 1. The SMILES string of the molecule is CC1(C)C(NC(=O)/C(=N\O[C@@H](COc2ccc(-n3cc(CCCN)[n+](CC4(F)CNC4)c3)nc2)C(=O)O)c2csc(N)n2)C(=O)N1OS(=O)(=O)[O-]. The highest BCUT2D eigenvalue weighted by atomic mass is 32.3. The van der Waals surface area contributed by atoms with E-state index in [9.17, 15) is 36.9 Å². The number of nitrogens with two attached hydrogens (primary N) is 2. The van der Waals surface area contributed by atoms with Crippen LogP contribution in [0.3, 0.4) is 0 Å². The third kappa shape index (κ3) is 8.74. The summed E-state index contributed by atoms with van der Waals surface area (Å²) in [5, 5.41) is 20.4. The molecular formula is C28H35FN10O10S2. The summed E-state index contributed by atoms with van der Waals surface area (Å²) in [7, 11) is -5.29. The van der Waals surface area contributed by atoms with Crippen molar-refractivity contribution in [2.75, 3.05) is 32.0 Å². The number of ether oxygens (including phenoxy) is 1. The van der Waals surface area contributed by atoms with E-state index in [4.69, 9.17) is 21.0 Å². The van der Waals surface area contributed by atoms with E-state index in [1.807, 2.05) is 10.8 Å². The van der Waals surface area contributed by atoms with Gasteiger partial charge in [-0.2, -0.15) is 13.9 Å². The molecule has 5 rings (SSSR count). The molecule has 0 aromatic carbocycles. The van der Waals surface area contributed by atoms with E-state index in [1.165, 1.54) is 25.4 Å². The maximum Gasteiger partial charge on any atom is 0.351 e. The topological polar surface area (TPSA) is 283 Å². The van der Waals surface area contributed by atoms with Crippen molar-refractivity contribution >= 4 is 50.4 Å². The normalized spacial score (nSPS) is 18.8. The van der Waals surface area contributed by atoms with Crippen molar-refractivity contribution in [1.82, 2.24) is 30.2 Å². The van der Waals surface area contributed by atoms with E-state index < -0.39 is 63.9 Å².